The molecule has 18 nitrogen and oxygen atoms in total. The predicted molar refractivity (Wildman–Crippen MR) is 219 cm³/mol. The van der Waals surface area contributed by atoms with Crippen LogP contribution in [0, 0.1) is 0 Å². The third-order valence-electron chi connectivity index (χ3n) is 7.30. The zero-order valence-corrected chi connectivity index (χ0v) is 35.8. The van der Waals surface area contributed by atoms with Crippen molar-refractivity contribution in [1.82, 2.24) is 0 Å². The van der Waals surface area contributed by atoms with E-state index < -0.39 is 11.9 Å². The number of carbonyl (C=O) groups is 2. The molecular weight excluding hydrogens is 792 g/mol. The molecule has 0 radical (unpaired) electrons. The van der Waals surface area contributed by atoms with Crippen LogP contribution in [0.1, 0.15) is 5.56 Å². The van der Waals surface area contributed by atoms with Gasteiger partial charge in [-0.1, -0.05) is 42.5 Å². The minimum atomic E-state index is -0.831. The number of benzene rings is 1. The SMILES string of the molecule is COCCOCCOCCOCCOCCOCCOCCOC(=O)C(=CC=Cc1ccccc1)C(=O)OCCOCCOCCOCCOCCOCCOCCOC. The fourth-order valence-electron chi connectivity index (χ4n) is 4.27. The van der Waals surface area contributed by atoms with E-state index >= 15 is 0 Å². The topological polar surface area (TPSA) is 182 Å². The summed E-state index contributed by atoms with van der Waals surface area (Å²) in [6.45, 7) is 11.1. The first kappa shape index (κ1) is 55.1. The van der Waals surface area contributed by atoms with E-state index in [9.17, 15) is 9.59 Å². The van der Waals surface area contributed by atoms with Gasteiger partial charge in [0.25, 0.3) is 0 Å². The molecule has 0 heterocycles. The van der Waals surface area contributed by atoms with Crippen LogP contribution in [0.4, 0.5) is 0 Å². The molecule has 346 valence electrons. The summed E-state index contributed by atoms with van der Waals surface area (Å²) in [6.07, 6.45) is 4.71. The van der Waals surface area contributed by atoms with E-state index in [2.05, 4.69) is 0 Å². The Morgan fingerprint density at radius 1 is 0.367 bits per heavy atom. The van der Waals surface area contributed by atoms with E-state index in [-0.39, 0.29) is 32.0 Å². The Kier molecular flexibility index (Phi) is 41.9. The van der Waals surface area contributed by atoms with Crippen LogP contribution in [0.15, 0.2) is 48.1 Å². The maximum Gasteiger partial charge on any atom is 0.345 e. The summed E-state index contributed by atoms with van der Waals surface area (Å²) in [7, 11) is 3.26. The van der Waals surface area contributed by atoms with Crippen molar-refractivity contribution in [1.29, 1.82) is 0 Å². The maximum absolute atomic E-state index is 12.8. The van der Waals surface area contributed by atoms with Gasteiger partial charge >= 0.3 is 11.9 Å². The van der Waals surface area contributed by atoms with Crippen LogP contribution in [-0.4, -0.2) is 211 Å². The second-order valence-electron chi connectivity index (χ2n) is 12.0. The average Bonchev–Trinajstić information content (AvgIpc) is 3.26. The van der Waals surface area contributed by atoms with Crippen molar-refractivity contribution in [3.8, 4) is 0 Å². The van der Waals surface area contributed by atoms with Crippen LogP contribution in [-0.2, 0) is 85.4 Å². The highest BCUT2D eigenvalue weighted by molar-refractivity contribution is 6.14. The molecule has 0 saturated heterocycles. The lowest BCUT2D eigenvalue weighted by atomic mass is 10.2. The molecule has 0 amide bonds. The number of allylic oxidation sites excluding steroid dienone is 2. The number of hydrogen-bond donors (Lipinski definition) is 0. The fourth-order valence-corrected chi connectivity index (χ4v) is 4.27. The molecule has 0 saturated carbocycles. The lowest BCUT2D eigenvalue weighted by molar-refractivity contribution is -0.149. The molecular formula is C42H70O18. The van der Waals surface area contributed by atoms with Gasteiger partial charge in [-0.25, -0.2) is 9.59 Å². The third-order valence-corrected chi connectivity index (χ3v) is 7.30. The molecule has 0 N–H and O–H groups in total. The number of hydrogen-bond acceptors (Lipinski definition) is 18. The molecule has 0 aliphatic rings. The van der Waals surface area contributed by atoms with Crippen molar-refractivity contribution in [2.45, 2.75) is 0 Å². The minimum absolute atomic E-state index is 0.0629. The van der Waals surface area contributed by atoms with Crippen molar-refractivity contribution in [3.05, 3.63) is 53.6 Å². The molecule has 0 unspecified atom stereocenters. The van der Waals surface area contributed by atoms with Crippen LogP contribution < -0.4 is 0 Å². The molecule has 0 aliphatic carbocycles. The quantitative estimate of drug-likeness (QED) is 0.0232. The summed E-state index contributed by atoms with van der Waals surface area (Å²) in [5.41, 5.74) is 0.634. The van der Waals surface area contributed by atoms with Crippen LogP contribution in [0.3, 0.4) is 0 Å². The Balaban J connectivity index is 2.10. The highest BCUT2D eigenvalue weighted by Gasteiger charge is 2.21. The zero-order valence-electron chi connectivity index (χ0n) is 35.8. The van der Waals surface area contributed by atoms with Crippen molar-refractivity contribution in [2.75, 3.05) is 199 Å². The summed E-state index contributed by atoms with van der Waals surface area (Å²) >= 11 is 0. The summed E-state index contributed by atoms with van der Waals surface area (Å²) in [5, 5.41) is 0. The minimum Gasteiger partial charge on any atom is -0.459 e. The largest absolute Gasteiger partial charge is 0.459 e. The average molecular weight is 863 g/mol. The van der Waals surface area contributed by atoms with E-state index in [0.29, 0.717) is 159 Å². The molecule has 0 spiro atoms. The second kappa shape index (κ2) is 45.6. The first-order valence-electron chi connectivity index (χ1n) is 20.4. The highest BCUT2D eigenvalue weighted by Crippen LogP contribution is 2.06. The van der Waals surface area contributed by atoms with Gasteiger partial charge in [0.1, 0.15) is 18.8 Å². The molecule has 1 aromatic rings. The van der Waals surface area contributed by atoms with Gasteiger partial charge in [0.15, 0.2) is 0 Å². The van der Waals surface area contributed by atoms with Crippen LogP contribution in [0.5, 0.6) is 0 Å². The third kappa shape index (κ3) is 38.0. The number of carbonyl (C=O) groups excluding carboxylic acids is 2. The number of esters is 2. The van der Waals surface area contributed by atoms with Crippen LogP contribution >= 0.6 is 0 Å². The molecule has 0 atom stereocenters. The van der Waals surface area contributed by atoms with E-state index in [1.54, 1.807) is 26.4 Å². The van der Waals surface area contributed by atoms with Gasteiger partial charge in [-0.15, -0.1) is 0 Å². The lowest BCUT2D eigenvalue weighted by Gasteiger charge is -2.10. The van der Waals surface area contributed by atoms with Crippen molar-refractivity contribution < 1.29 is 85.4 Å². The summed E-state index contributed by atoms with van der Waals surface area (Å²) < 4.78 is 85.6. The summed E-state index contributed by atoms with van der Waals surface area (Å²) in [6, 6.07) is 9.44. The van der Waals surface area contributed by atoms with Crippen LogP contribution in [0.25, 0.3) is 6.08 Å². The van der Waals surface area contributed by atoms with Crippen molar-refractivity contribution in [2.24, 2.45) is 0 Å². The normalized spacial score (nSPS) is 11.4. The Morgan fingerprint density at radius 3 is 0.883 bits per heavy atom. The van der Waals surface area contributed by atoms with Gasteiger partial charge in [0.2, 0.25) is 0 Å². The zero-order chi connectivity index (χ0) is 43.1. The first-order chi connectivity index (χ1) is 29.7. The maximum atomic E-state index is 12.8. The fraction of sp³-hybridized carbons (Fsp3) is 0.714. The molecule has 0 aromatic heterocycles. The van der Waals surface area contributed by atoms with Crippen molar-refractivity contribution >= 4 is 18.0 Å². The standard InChI is InChI=1S/C42H70O18/c1-45-11-13-47-15-17-49-19-21-51-23-25-53-27-29-55-31-33-57-35-37-59-41(43)40(10-6-9-39-7-4-3-5-8-39)42(44)60-38-36-58-34-32-56-30-28-54-26-24-52-22-20-50-18-16-48-14-12-46-2/h3-10H,11-38H2,1-2H3. The van der Waals surface area contributed by atoms with E-state index in [4.69, 9.17) is 75.8 Å². The predicted octanol–water partition coefficient (Wildman–Crippen LogP) is 2.20. The highest BCUT2D eigenvalue weighted by atomic mass is 16.6. The Hall–Kier alpha value is -2.92. The summed E-state index contributed by atoms with van der Waals surface area (Å²) in [5.74, 6) is -1.66. The Labute approximate surface area is 355 Å². The smallest absolute Gasteiger partial charge is 0.345 e. The second-order valence-corrected chi connectivity index (χ2v) is 12.0. The van der Waals surface area contributed by atoms with Gasteiger partial charge in [-0.2, -0.15) is 0 Å². The van der Waals surface area contributed by atoms with Gasteiger partial charge in [-0.05, 0) is 11.6 Å². The van der Waals surface area contributed by atoms with Gasteiger partial charge < -0.3 is 75.8 Å². The van der Waals surface area contributed by atoms with Crippen molar-refractivity contribution in [3.63, 3.8) is 0 Å². The summed E-state index contributed by atoms with van der Waals surface area (Å²) in [4.78, 5) is 25.7. The van der Waals surface area contributed by atoms with E-state index in [1.165, 1.54) is 6.08 Å². The molecule has 18 heteroatoms. The van der Waals surface area contributed by atoms with E-state index in [0.717, 1.165) is 5.56 Å². The molecule has 0 bridgehead atoms. The lowest BCUT2D eigenvalue weighted by Crippen LogP contribution is -2.22. The Bertz CT molecular complexity index is 1080. The van der Waals surface area contributed by atoms with Gasteiger partial charge in [0, 0.05) is 14.2 Å². The van der Waals surface area contributed by atoms with E-state index in [1.807, 2.05) is 30.3 Å². The number of methoxy groups -OCH3 is 2. The molecule has 0 fully saturated rings. The molecule has 1 aromatic carbocycles. The Morgan fingerprint density at radius 2 is 0.617 bits per heavy atom. The molecule has 0 aliphatic heterocycles. The van der Waals surface area contributed by atoms with Gasteiger partial charge in [0.05, 0.1) is 172 Å². The molecule has 60 heavy (non-hydrogen) atoms. The number of ether oxygens (including phenoxy) is 16. The monoisotopic (exact) mass is 862 g/mol. The molecule has 1 rings (SSSR count). The number of rotatable bonds is 46. The first-order valence-corrected chi connectivity index (χ1v) is 20.4. The van der Waals surface area contributed by atoms with Gasteiger partial charge in [-0.3, -0.25) is 0 Å². The van der Waals surface area contributed by atoms with Crippen LogP contribution in [0.2, 0.25) is 0 Å².